The number of hydrogen-bond donors (Lipinski definition) is 2. The van der Waals surface area contributed by atoms with Crippen molar-refractivity contribution in [1.82, 2.24) is 4.98 Å². The number of rotatable bonds is 6. The lowest BCUT2D eigenvalue weighted by molar-refractivity contribution is 0.297. The first-order chi connectivity index (χ1) is 11.3. The average molecular weight is 307 g/mol. The highest BCUT2D eigenvalue weighted by Gasteiger charge is 2.13. The summed E-state index contributed by atoms with van der Waals surface area (Å²) in [6, 6.07) is 18.0. The summed E-state index contributed by atoms with van der Waals surface area (Å²) < 4.78 is 5.88. The van der Waals surface area contributed by atoms with Gasteiger partial charge in [0.25, 0.3) is 0 Å². The maximum atomic E-state index is 6.30. The predicted octanol–water partition coefficient (Wildman–Crippen LogP) is 4.22. The van der Waals surface area contributed by atoms with Gasteiger partial charge in [-0.3, -0.25) is 0 Å². The molecular formula is C19H21N3O. The maximum absolute atomic E-state index is 6.30. The number of nitrogens with two attached hydrogens (primary N) is 1. The summed E-state index contributed by atoms with van der Waals surface area (Å²) in [7, 11) is 0. The van der Waals surface area contributed by atoms with Crippen LogP contribution in [0.3, 0.4) is 0 Å². The summed E-state index contributed by atoms with van der Waals surface area (Å²) in [5, 5.41) is 4.42. The Kier molecular flexibility index (Phi) is 4.62. The zero-order chi connectivity index (χ0) is 16.1. The van der Waals surface area contributed by atoms with E-state index in [0.717, 1.165) is 35.1 Å². The number of aromatic nitrogens is 1. The highest BCUT2D eigenvalue weighted by atomic mass is 16.5. The number of fused-ring (bicyclic) bond motifs is 1. The van der Waals surface area contributed by atoms with Crippen molar-refractivity contribution >= 4 is 22.3 Å². The first-order valence-corrected chi connectivity index (χ1v) is 7.88. The second-order valence-corrected chi connectivity index (χ2v) is 5.42. The van der Waals surface area contributed by atoms with Crippen molar-refractivity contribution in [2.75, 3.05) is 17.6 Å². The van der Waals surface area contributed by atoms with Crippen LogP contribution in [0.25, 0.3) is 10.9 Å². The summed E-state index contributed by atoms with van der Waals surface area (Å²) in [6.07, 6.45) is 1.02. The van der Waals surface area contributed by atoms with Crippen molar-refractivity contribution in [3.05, 3.63) is 60.2 Å². The molecule has 0 spiro atoms. The number of nitrogens with one attached hydrogen (secondary N) is 1. The Morgan fingerprint density at radius 2 is 1.78 bits per heavy atom. The predicted molar refractivity (Wildman–Crippen MR) is 95.7 cm³/mol. The van der Waals surface area contributed by atoms with E-state index in [-0.39, 0.29) is 0 Å². The van der Waals surface area contributed by atoms with Gasteiger partial charge in [0.15, 0.2) is 0 Å². The van der Waals surface area contributed by atoms with Crippen LogP contribution in [-0.4, -0.2) is 11.5 Å². The Morgan fingerprint density at radius 1 is 1.04 bits per heavy atom. The van der Waals surface area contributed by atoms with Crippen molar-refractivity contribution in [3.63, 3.8) is 0 Å². The molecule has 0 bridgehead atoms. The number of hydrogen-bond acceptors (Lipinski definition) is 4. The number of nitrogens with zero attached hydrogens (tertiary/aromatic N) is 1. The van der Waals surface area contributed by atoms with Gasteiger partial charge in [-0.15, -0.1) is 0 Å². The topological polar surface area (TPSA) is 60.2 Å². The largest absolute Gasteiger partial charge is 0.471 e. The zero-order valence-corrected chi connectivity index (χ0v) is 13.3. The number of nitrogen functional groups attached to an aromatic ring is 1. The van der Waals surface area contributed by atoms with Crippen molar-refractivity contribution in [2.45, 2.75) is 20.0 Å². The van der Waals surface area contributed by atoms with Gasteiger partial charge in [-0.2, -0.15) is 0 Å². The first kappa shape index (κ1) is 15.2. The van der Waals surface area contributed by atoms with Crippen molar-refractivity contribution in [3.8, 4) is 5.88 Å². The van der Waals surface area contributed by atoms with Crippen LogP contribution >= 0.6 is 0 Å². The van der Waals surface area contributed by atoms with E-state index in [9.17, 15) is 0 Å². The molecule has 2 aromatic carbocycles. The van der Waals surface area contributed by atoms with Crippen LogP contribution in [0.1, 0.15) is 18.9 Å². The van der Waals surface area contributed by atoms with E-state index in [0.29, 0.717) is 18.2 Å². The summed E-state index contributed by atoms with van der Waals surface area (Å²) in [5.41, 5.74) is 9.74. The van der Waals surface area contributed by atoms with E-state index in [1.54, 1.807) is 0 Å². The standard InChI is InChI=1S/C19H21N3O/c1-2-12-21-18-15-10-6-7-11-16(15)22-19(17(18)20)23-13-14-8-4-3-5-9-14/h3-11H,2,12-13,20H2,1H3,(H,21,22). The lowest BCUT2D eigenvalue weighted by Crippen LogP contribution is -2.08. The molecular weight excluding hydrogens is 286 g/mol. The fraction of sp³-hybridized carbons (Fsp3) is 0.211. The molecule has 0 amide bonds. The molecule has 0 saturated heterocycles. The lowest BCUT2D eigenvalue weighted by atomic mass is 10.1. The molecule has 1 aromatic heterocycles. The van der Waals surface area contributed by atoms with Gasteiger partial charge in [0.1, 0.15) is 12.3 Å². The van der Waals surface area contributed by atoms with Gasteiger partial charge in [0.2, 0.25) is 5.88 Å². The van der Waals surface area contributed by atoms with Gasteiger partial charge >= 0.3 is 0 Å². The van der Waals surface area contributed by atoms with E-state index in [2.05, 4.69) is 17.2 Å². The second-order valence-electron chi connectivity index (χ2n) is 5.42. The lowest BCUT2D eigenvalue weighted by Gasteiger charge is -2.15. The van der Waals surface area contributed by atoms with Crippen molar-refractivity contribution < 1.29 is 4.74 Å². The molecule has 1 heterocycles. The third-order valence-corrected chi connectivity index (χ3v) is 3.67. The minimum absolute atomic E-state index is 0.448. The highest BCUT2D eigenvalue weighted by Crippen LogP contribution is 2.35. The highest BCUT2D eigenvalue weighted by molar-refractivity contribution is 5.98. The molecule has 0 aliphatic carbocycles. The fourth-order valence-electron chi connectivity index (χ4n) is 2.48. The van der Waals surface area contributed by atoms with E-state index >= 15 is 0 Å². The molecule has 4 heteroatoms. The quantitative estimate of drug-likeness (QED) is 0.716. The van der Waals surface area contributed by atoms with Crippen LogP contribution in [0, 0.1) is 0 Å². The fourth-order valence-corrected chi connectivity index (χ4v) is 2.48. The van der Waals surface area contributed by atoms with Gasteiger partial charge in [-0.1, -0.05) is 55.5 Å². The third kappa shape index (κ3) is 3.37. The van der Waals surface area contributed by atoms with Gasteiger partial charge < -0.3 is 15.8 Å². The third-order valence-electron chi connectivity index (χ3n) is 3.67. The molecule has 3 aromatic rings. The molecule has 3 rings (SSSR count). The van der Waals surface area contributed by atoms with Crippen LogP contribution in [0.15, 0.2) is 54.6 Å². The van der Waals surface area contributed by atoms with Gasteiger partial charge in [-0.05, 0) is 18.1 Å². The molecule has 0 radical (unpaired) electrons. The Bertz CT molecular complexity index is 787. The summed E-state index contributed by atoms with van der Waals surface area (Å²) in [4.78, 5) is 4.57. The van der Waals surface area contributed by atoms with Gasteiger partial charge in [0.05, 0.1) is 11.2 Å². The molecule has 0 unspecified atom stereocenters. The summed E-state index contributed by atoms with van der Waals surface area (Å²) in [6.45, 7) is 3.43. The molecule has 4 nitrogen and oxygen atoms in total. The molecule has 0 saturated carbocycles. The van der Waals surface area contributed by atoms with Gasteiger partial charge in [-0.25, -0.2) is 4.98 Å². The van der Waals surface area contributed by atoms with E-state index in [1.807, 2.05) is 54.6 Å². The van der Waals surface area contributed by atoms with Gasteiger partial charge in [0, 0.05) is 11.9 Å². The number of pyridine rings is 1. The molecule has 3 N–H and O–H groups in total. The number of benzene rings is 2. The molecule has 0 aliphatic rings. The van der Waals surface area contributed by atoms with Crippen LogP contribution in [0.2, 0.25) is 0 Å². The first-order valence-electron chi connectivity index (χ1n) is 7.88. The molecule has 0 fully saturated rings. The Labute approximate surface area is 136 Å². The van der Waals surface area contributed by atoms with Crippen molar-refractivity contribution in [2.24, 2.45) is 0 Å². The average Bonchev–Trinajstić information content (AvgIpc) is 2.60. The number of anilines is 2. The number of ether oxygens (including phenoxy) is 1. The minimum atomic E-state index is 0.448. The summed E-state index contributed by atoms with van der Waals surface area (Å²) in [5.74, 6) is 0.478. The molecule has 0 atom stereocenters. The van der Waals surface area contributed by atoms with E-state index in [4.69, 9.17) is 10.5 Å². The van der Waals surface area contributed by atoms with Crippen LogP contribution in [0.4, 0.5) is 11.4 Å². The minimum Gasteiger partial charge on any atom is -0.471 e. The Balaban J connectivity index is 1.94. The van der Waals surface area contributed by atoms with Crippen molar-refractivity contribution in [1.29, 1.82) is 0 Å². The second kappa shape index (κ2) is 7.01. The normalized spacial score (nSPS) is 10.7. The monoisotopic (exact) mass is 307 g/mol. The maximum Gasteiger partial charge on any atom is 0.240 e. The van der Waals surface area contributed by atoms with Crippen LogP contribution in [0.5, 0.6) is 5.88 Å². The molecule has 118 valence electrons. The molecule has 0 aliphatic heterocycles. The zero-order valence-electron chi connectivity index (χ0n) is 13.3. The Morgan fingerprint density at radius 3 is 2.57 bits per heavy atom. The van der Waals surface area contributed by atoms with Crippen LogP contribution < -0.4 is 15.8 Å². The smallest absolute Gasteiger partial charge is 0.240 e. The SMILES string of the molecule is CCCNc1c(N)c(OCc2ccccc2)nc2ccccc12. The number of para-hydroxylation sites is 1. The van der Waals surface area contributed by atoms with E-state index in [1.165, 1.54) is 0 Å². The Hall–Kier alpha value is -2.75. The van der Waals surface area contributed by atoms with Crippen LogP contribution in [-0.2, 0) is 6.61 Å². The molecule has 23 heavy (non-hydrogen) atoms. The summed E-state index contributed by atoms with van der Waals surface area (Å²) >= 11 is 0. The van der Waals surface area contributed by atoms with E-state index < -0.39 is 0 Å².